The Morgan fingerprint density at radius 1 is 0.561 bits per heavy atom. The second-order valence-electron chi connectivity index (χ2n) is 16.8. The summed E-state index contributed by atoms with van der Waals surface area (Å²) in [6.45, 7) is 2.55. The maximum Gasteiger partial charge on any atom is 0.220 e. The number of aliphatic hydroxyl groups is 8. The minimum absolute atomic E-state index is 0.224. The molecule has 0 saturated carbocycles. The second-order valence-corrected chi connectivity index (χ2v) is 16.8. The van der Waals surface area contributed by atoms with Crippen molar-refractivity contribution in [1.29, 1.82) is 0 Å². The summed E-state index contributed by atoms with van der Waals surface area (Å²) in [5, 5.41) is 86.6. The summed E-state index contributed by atoms with van der Waals surface area (Å²) in [6.07, 6.45) is 33.0. The number of rotatable bonds is 35. The van der Waals surface area contributed by atoms with Gasteiger partial charge in [0.2, 0.25) is 5.91 Å². The molecular weight excluding hydrogens is 847 g/mol. The first-order chi connectivity index (χ1) is 32.1. The van der Waals surface area contributed by atoms with Crippen molar-refractivity contribution in [2.24, 2.45) is 0 Å². The SMILES string of the molecule is CC/C=C\C/C=C\C/C=C\C/C=C\C/C=C\CCCCCC(=O)NC(COC1OC(CO)C(OC2OC(CO)C(O)C(O)C2O)C(O)C1O)C(O)/C=C/CC/C=C/CC/C=C/CCCCC. The van der Waals surface area contributed by atoms with Crippen LogP contribution in [0.3, 0.4) is 0 Å². The molecule has 2 aliphatic rings. The quantitative estimate of drug-likeness (QED) is 0.0264. The van der Waals surface area contributed by atoms with Gasteiger partial charge in [0.25, 0.3) is 0 Å². The predicted octanol–water partition coefficient (Wildman–Crippen LogP) is 5.98. The summed E-state index contributed by atoms with van der Waals surface area (Å²) >= 11 is 0. The number of ether oxygens (including phenoxy) is 4. The van der Waals surface area contributed by atoms with Crippen LogP contribution in [0.5, 0.6) is 0 Å². The molecule has 12 atom stereocenters. The fourth-order valence-electron chi connectivity index (χ4n) is 7.23. The number of hydrogen-bond acceptors (Lipinski definition) is 13. The van der Waals surface area contributed by atoms with Crippen molar-refractivity contribution in [1.82, 2.24) is 5.32 Å². The Kier molecular flexibility index (Phi) is 33.8. The Balaban J connectivity index is 1.90. The van der Waals surface area contributed by atoms with Gasteiger partial charge in [-0.2, -0.15) is 0 Å². The molecule has 66 heavy (non-hydrogen) atoms. The second kappa shape index (κ2) is 37.8. The number of nitrogens with one attached hydrogen (secondary N) is 1. The molecule has 2 heterocycles. The van der Waals surface area contributed by atoms with E-state index in [1.54, 1.807) is 6.08 Å². The Bertz CT molecular complexity index is 1470. The largest absolute Gasteiger partial charge is 0.394 e. The minimum Gasteiger partial charge on any atom is -0.394 e. The van der Waals surface area contributed by atoms with Crippen molar-refractivity contribution in [3.63, 3.8) is 0 Å². The van der Waals surface area contributed by atoms with Gasteiger partial charge in [-0.15, -0.1) is 0 Å². The summed E-state index contributed by atoms with van der Waals surface area (Å²) in [6, 6.07) is -0.960. The van der Waals surface area contributed by atoms with E-state index >= 15 is 0 Å². The van der Waals surface area contributed by atoms with Gasteiger partial charge in [0.1, 0.15) is 48.8 Å². The van der Waals surface area contributed by atoms with E-state index in [-0.39, 0.29) is 18.9 Å². The van der Waals surface area contributed by atoms with Crippen molar-refractivity contribution in [2.75, 3.05) is 19.8 Å². The molecule has 2 fully saturated rings. The fraction of sp³-hybridized carbons (Fsp3) is 0.673. The van der Waals surface area contributed by atoms with Crippen LogP contribution in [0.15, 0.2) is 97.2 Å². The molecule has 0 aromatic carbocycles. The highest BCUT2D eigenvalue weighted by Gasteiger charge is 2.51. The topological polar surface area (TPSA) is 228 Å². The number of amides is 1. The zero-order chi connectivity index (χ0) is 48.2. The first-order valence-electron chi connectivity index (χ1n) is 24.5. The van der Waals surface area contributed by atoms with Gasteiger partial charge < -0.3 is 65.1 Å². The van der Waals surface area contributed by atoms with Gasteiger partial charge in [0, 0.05) is 6.42 Å². The van der Waals surface area contributed by atoms with Gasteiger partial charge in [-0.3, -0.25) is 4.79 Å². The minimum atomic E-state index is -1.80. The predicted molar refractivity (Wildman–Crippen MR) is 258 cm³/mol. The van der Waals surface area contributed by atoms with Gasteiger partial charge in [0.15, 0.2) is 12.6 Å². The molecule has 0 spiro atoms. The Hall–Kier alpha value is -3.09. The Morgan fingerprint density at radius 3 is 1.64 bits per heavy atom. The van der Waals surface area contributed by atoms with Crippen molar-refractivity contribution < 1.29 is 64.6 Å². The normalized spacial score (nSPS) is 27.7. The van der Waals surface area contributed by atoms with Crippen molar-refractivity contribution in [3.8, 4) is 0 Å². The van der Waals surface area contributed by atoms with Crippen LogP contribution in [0.4, 0.5) is 0 Å². The molecule has 12 unspecified atom stereocenters. The number of allylic oxidation sites excluding steroid dienone is 15. The summed E-state index contributed by atoms with van der Waals surface area (Å²) in [5.41, 5.74) is 0. The van der Waals surface area contributed by atoms with Crippen LogP contribution in [-0.2, 0) is 23.7 Å². The molecule has 2 aliphatic heterocycles. The lowest BCUT2D eigenvalue weighted by molar-refractivity contribution is -0.359. The first kappa shape index (κ1) is 59.0. The summed E-state index contributed by atoms with van der Waals surface area (Å²) in [7, 11) is 0. The van der Waals surface area contributed by atoms with Crippen LogP contribution in [-0.4, -0.2) is 140 Å². The third-order valence-corrected chi connectivity index (χ3v) is 11.2. The third kappa shape index (κ3) is 24.8. The monoisotopic (exact) mass is 932 g/mol. The Labute approximate surface area is 394 Å². The zero-order valence-electron chi connectivity index (χ0n) is 39.6. The van der Waals surface area contributed by atoms with E-state index in [1.807, 2.05) is 6.08 Å². The molecule has 0 bridgehead atoms. The van der Waals surface area contributed by atoms with E-state index in [4.69, 9.17) is 18.9 Å². The Morgan fingerprint density at radius 2 is 1.06 bits per heavy atom. The summed E-state index contributed by atoms with van der Waals surface area (Å²) in [4.78, 5) is 13.1. The lowest BCUT2D eigenvalue weighted by Crippen LogP contribution is -2.65. The fourth-order valence-corrected chi connectivity index (χ4v) is 7.23. The van der Waals surface area contributed by atoms with Gasteiger partial charge in [0.05, 0.1) is 32.0 Å². The average molecular weight is 932 g/mol. The van der Waals surface area contributed by atoms with E-state index in [9.17, 15) is 45.6 Å². The number of carbonyl (C=O) groups excluding carboxylic acids is 1. The molecule has 0 radical (unpaired) electrons. The van der Waals surface area contributed by atoms with Crippen molar-refractivity contribution in [3.05, 3.63) is 97.2 Å². The maximum atomic E-state index is 13.1. The molecular formula is C52H85NO13. The number of aliphatic hydroxyl groups excluding tert-OH is 8. The summed E-state index contributed by atoms with van der Waals surface area (Å²) < 4.78 is 22.6. The number of hydrogen-bond donors (Lipinski definition) is 9. The lowest BCUT2D eigenvalue weighted by Gasteiger charge is -2.46. The van der Waals surface area contributed by atoms with Crippen molar-refractivity contribution in [2.45, 2.75) is 203 Å². The molecule has 0 aromatic heterocycles. The highest BCUT2D eigenvalue weighted by atomic mass is 16.7. The number of unbranched alkanes of at least 4 members (excludes halogenated alkanes) is 8. The highest BCUT2D eigenvalue weighted by molar-refractivity contribution is 5.76. The molecule has 2 saturated heterocycles. The van der Waals surface area contributed by atoms with E-state index in [2.05, 4.69) is 104 Å². The molecule has 14 nitrogen and oxygen atoms in total. The van der Waals surface area contributed by atoms with Crippen LogP contribution in [0, 0.1) is 0 Å². The molecule has 0 aliphatic carbocycles. The van der Waals surface area contributed by atoms with Gasteiger partial charge in [-0.1, -0.05) is 130 Å². The van der Waals surface area contributed by atoms with Gasteiger partial charge in [-0.05, 0) is 89.9 Å². The van der Waals surface area contributed by atoms with Crippen molar-refractivity contribution >= 4 is 5.91 Å². The maximum absolute atomic E-state index is 13.1. The van der Waals surface area contributed by atoms with E-state index in [0.717, 1.165) is 77.0 Å². The van der Waals surface area contributed by atoms with Gasteiger partial charge >= 0.3 is 0 Å². The van der Waals surface area contributed by atoms with Crippen LogP contribution in [0.1, 0.15) is 129 Å². The first-order valence-corrected chi connectivity index (χ1v) is 24.5. The van der Waals surface area contributed by atoms with E-state index < -0.39 is 86.8 Å². The molecule has 376 valence electrons. The highest BCUT2D eigenvalue weighted by Crippen LogP contribution is 2.30. The number of carbonyl (C=O) groups is 1. The summed E-state index contributed by atoms with van der Waals surface area (Å²) in [5.74, 6) is -0.292. The van der Waals surface area contributed by atoms with Crippen LogP contribution in [0.25, 0.3) is 0 Å². The standard InChI is InChI=1S/C52H85NO13/c1-3-5-7-9-11-13-15-17-18-19-20-21-22-24-26-28-30-32-34-36-44(57)53-40(41(56)35-33-31-29-27-25-23-16-14-12-10-8-6-4-2)39-63-51-49(62)47(60)50(43(38-55)65-51)66-52-48(61)46(59)45(58)42(37-54)64-52/h5,7,11-14,17-18,20-21,24-27,33,35,40-43,45-52,54-56,58-62H,3-4,6,8-10,15-16,19,22-23,28-32,34,36-39H2,1-2H3,(H,53,57)/b7-5-,13-11-,14-12+,18-17-,21-20-,26-24-,27-25+,35-33+. The lowest BCUT2D eigenvalue weighted by atomic mass is 9.97. The third-order valence-electron chi connectivity index (χ3n) is 11.2. The van der Waals surface area contributed by atoms with E-state index in [1.165, 1.54) is 19.3 Å². The van der Waals surface area contributed by atoms with Crippen LogP contribution < -0.4 is 5.32 Å². The molecule has 2 rings (SSSR count). The zero-order valence-corrected chi connectivity index (χ0v) is 39.6. The molecule has 0 aromatic rings. The molecule has 9 N–H and O–H groups in total. The molecule has 1 amide bonds. The van der Waals surface area contributed by atoms with Gasteiger partial charge in [-0.25, -0.2) is 0 Å². The van der Waals surface area contributed by atoms with Crippen LogP contribution >= 0.6 is 0 Å². The van der Waals surface area contributed by atoms with E-state index in [0.29, 0.717) is 12.8 Å². The van der Waals surface area contributed by atoms with Crippen LogP contribution in [0.2, 0.25) is 0 Å². The molecule has 14 heteroatoms. The smallest absolute Gasteiger partial charge is 0.220 e. The average Bonchev–Trinajstić information content (AvgIpc) is 3.31.